The number of amides is 2. The molecule has 0 fully saturated rings. The molecule has 0 saturated heterocycles. The number of anilines is 2. The van der Waals surface area contributed by atoms with Crippen molar-refractivity contribution in [2.75, 3.05) is 23.3 Å². The first-order chi connectivity index (χ1) is 16.0. The number of hydrogen-bond acceptors (Lipinski definition) is 5. The van der Waals surface area contributed by atoms with Crippen molar-refractivity contribution in [2.45, 2.75) is 19.9 Å². The van der Waals surface area contributed by atoms with Gasteiger partial charge in [-0.25, -0.2) is 4.98 Å². The molecule has 1 aliphatic rings. The van der Waals surface area contributed by atoms with Crippen LogP contribution >= 0.6 is 0 Å². The predicted molar refractivity (Wildman–Crippen MR) is 127 cm³/mol. The first kappa shape index (κ1) is 20.8. The molecule has 1 aliphatic heterocycles. The summed E-state index contributed by atoms with van der Waals surface area (Å²) in [5, 5.41) is 5.87. The second kappa shape index (κ2) is 8.78. The third-order valence-electron chi connectivity index (χ3n) is 5.77. The van der Waals surface area contributed by atoms with Crippen LogP contribution in [0, 0.1) is 6.92 Å². The molecule has 2 amide bonds. The Balaban J connectivity index is 1.14. The number of oxazole rings is 1. The minimum Gasteiger partial charge on any atom is -0.441 e. The Hall–Kier alpha value is -4.13. The number of aromatic nitrogens is 1. The van der Waals surface area contributed by atoms with Crippen LogP contribution in [-0.2, 0) is 17.8 Å². The Morgan fingerprint density at radius 2 is 1.88 bits per heavy atom. The van der Waals surface area contributed by atoms with Gasteiger partial charge >= 0.3 is 0 Å². The lowest BCUT2D eigenvalue weighted by molar-refractivity contribution is -0.115. The summed E-state index contributed by atoms with van der Waals surface area (Å²) in [6, 6.07) is 20.9. The normalized spacial score (nSPS) is 12.6. The minimum absolute atomic E-state index is 0.0498. The van der Waals surface area contributed by atoms with Gasteiger partial charge in [-0.2, -0.15) is 0 Å². The Bertz CT molecular complexity index is 1330. The Morgan fingerprint density at radius 3 is 2.73 bits per heavy atom. The molecule has 0 aliphatic carbocycles. The van der Waals surface area contributed by atoms with E-state index in [1.54, 1.807) is 25.1 Å². The Kier molecular flexibility index (Phi) is 5.52. The van der Waals surface area contributed by atoms with Gasteiger partial charge in [0.25, 0.3) is 5.91 Å². The molecular weight excluding hydrogens is 416 g/mol. The van der Waals surface area contributed by atoms with Crippen LogP contribution in [0.5, 0.6) is 0 Å². The van der Waals surface area contributed by atoms with E-state index in [4.69, 9.17) is 4.42 Å². The molecule has 7 heteroatoms. The average molecular weight is 441 g/mol. The van der Waals surface area contributed by atoms with Crippen LogP contribution in [0.4, 0.5) is 11.4 Å². The molecule has 1 aromatic heterocycles. The van der Waals surface area contributed by atoms with E-state index in [0.717, 1.165) is 29.9 Å². The monoisotopic (exact) mass is 440 g/mol. The van der Waals surface area contributed by atoms with Crippen molar-refractivity contribution < 1.29 is 14.0 Å². The van der Waals surface area contributed by atoms with Crippen LogP contribution in [0.15, 0.2) is 71.1 Å². The highest BCUT2D eigenvalue weighted by molar-refractivity contribution is 5.97. The molecule has 0 radical (unpaired) electrons. The number of carbonyl (C=O) groups excluding carboxylic acids is 2. The van der Waals surface area contributed by atoms with Gasteiger partial charge in [0.1, 0.15) is 5.52 Å². The van der Waals surface area contributed by atoms with Gasteiger partial charge in [-0.15, -0.1) is 0 Å². The van der Waals surface area contributed by atoms with Gasteiger partial charge in [0.2, 0.25) is 5.91 Å². The lowest BCUT2D eigenvalue weighted by Gasteiger charge is -2.18. The van der Waals surface area contributed by atoms with E-state index in [1.807, 2.05) is 36.4 Å². The summed E-state index contributed by atoms with van der Waals surface area (Å²) in [7, 11) is 0. The van der Waals surface area contributed by atoms with Crippen molar-refractivity contribution in [1.82, 2.24) is 10.3 Å². The fourth-order valence-corrected chi connectivity index (χ4v) is 4.12. The van der Waals surface area contributed by atoms with Crippen molar-refractivity contribution in [3.63, 3.8) is 0 Å². The minimum atomic E-state index is -0.180. The maximum absolute atomic E-state index is 12.5. The van der Waals surface area contributed by atoms with Crippen LogP contribution in [0.3, 0.4) is 0 Å². The van der Waals surface area contributed by atoms with Crippen molar-refractivity contribution in [2.24, 2.45) is 0 Å². The number of nitrogens with zero attached hydrogens (tertiary/aromatic N) is 2. The number of hydrogen-bond donors (Lipinski definition) is 2. The molecule has 0 spiro atoms. The summed E-state index contributed by atoms with van der Waals surface area (Å²) in [6.07, 6.45) is 0.968. The molecule has 2 heterocycles. The van der Waals surface area contributed by atoms with Crippen LogP contribution in [0.2, 0.25) is 0 Å². The molecule has 5 rings (SSSR count). The number of aryl methyl sites for hydroxylation is 1. The van der Waals surface area contributed by atoms with Gasteiger partial charge in [0.05, 0.1) is 6.54 Å². The molecule has 0 atom stereocenters. The van der Waals surface area contributed by atoms with Gasteiger partial charge in [0, 0.05) is 37.0 Å². The highest BCUT2D eigenvalue weighted by Gasteiger charge is 2.20. The summed E-state index contributed by atoms with van der Waals surface area (Å²) < 4.78 is 5.45. The highest BCUT2D eigenvalue weighted by atomic mass is 16.3. The molecule has 7 nitrogen and oxygen atoms in total. The summed E-state index contributed by atoms with van der Waals surface area (Å²) in [4.78, 5) is 31.4. The van der Waals surface area contributed by atoms with Gasteiger partial charge < -0.3 is 20.0 Å². The fraction of sp³-hybridized carbons (Fsp3) is 0.192. The molecule has 0 saturated carbocycles. The first-order valence-corrected chi connectivity index (χ1v) is 10.9. The summed E-state index contributed by atoms with van der Waals surface area (Å²) in [5.74, 6) is 0.340. The quantitative estimate of drug-likeness (QED) is 0.472. The van der Waals surface area contributed by atoms with Crippen molar-refractivity contribution in [3.8, 4) is 0 Å². The van der Waals surface area contributed by atoms with Gasteiger partial charge in [-0.1, -0.05) is 30.3 Å². The van der Waals surface area contributed by atoms with Crippen molar-refractivity contribution in [3.05, 3.63) is 89.3 Å². The average Bonchev–Trinajstić information content (AvgIpc) is 3.40. The Morgan fingerprint density at radius 1 is 1.06 bits per heavy atom. The van der Waals surface area contributed by atoms with E-state index in [-0.39, 0.29) is 11.8 Å². The van der Waals surface area contributed by atoms with Crippen LogP contribution in [-0.4, -0.2) is 29.9 Å². The first-order valence-electron chi connectivity index (χ1n) is 10.9. The van der Waals surface area contributed by atoms with Gasteiger partial charge in [-0.3, -0.25) is 9.59 Å². The SMILES string of the molecule is Cc1nc2cc(C(=O)NCc3ccc(NC(=O)CN4CCc5ccccc54)cc3)ccc2o1. The van der Waals surface area contributed by atoms with Crippen molar-refractivity contribution >= 4 is 34.3 Å². The lowest BCUT2D eigenvalue weighted by Crippen LogP contribution is -2.31. The topological polar surface area (TPSA) is 87.5 Å². The zero-order valence-electron chi connectivity index (χ0n) is 18.3. The second-order valence-electron chi connectivity index (χ2n) is 8.14. The standard InChI is InChI=1S/C26H24N4O3/c1-17-28-22-14-20(8-11-24(22)33-17)26(32)27-15-18-6-9-21(10-7-18)29-25(31)16-30-13-12-19-4-2-3-5-23(19)30/h2-11,14H,12-13,15-16H2,1H3,(H,27,32)(H,29,31). The largest absolute Gasteiger partial charge is 0.441 e. The van der Waals surface area contributed by atoms with Crippen LogP contribution in [0.25, 0.3) is 11.1 Å². The second-order valence-corrected chi connectivity index (χ2v) is 8.14. The van der Waals surface area contributed by atoms with Crippen molar-refractivity contribution in [1.29, 1.82) is 0 Å². The van der Waals surface area contributed by atoms with Crippen LogP contribution < -0.4 is 15.5 Å². The van der Waals surface area contributed by atoms with E-state index in [2.05, 4.69) is 32.7 Å². The van der Waals surface area contributed by atoms with E-state index in [9.17, 15) is 9.59 Å². The van der Waals surface area contributed by atoms with Gasteiger partial charge in [-0.05, 0) is 53.9 Å². The number of nitrogens with one attached hydrogen (secondary N) is 2. The van der Waals surface area contributed by atoms with E-state index in [1.165, 1.54) is 5.56 Å². The lowest BCUT2D eigenvalue weighted by atomic mass is 10.1. The maximum Gasteiger partial charge on any atom is 0.251 e. The summed E-state index contributed by atoms with van der Waals surface area (Å²) in [6.45, 7) is 3.34. The molecule has 4 aromatic rings. The predicted octanol–water partition coefficient (Wildman–Crippen LogP) is 4.07. The summed E-state index contributed by atoms with van der Waals surface area (Å²) >= 11 is 0. The molecule has 3 aromatic carbocycles. The third-order valence-corrected chi connectivity index (χ3v) is 5.77. The number of fused-ring (bicyclic) bond motifs is 2. The smallest absolute Gasteiger partial charge is 0.251 e. The number of rotatable bonds is 6. The Labute approximate surface area is 191 Å². The molecule has 0 unspecified atom stereocenters. The van der Waals surface area contributed by atoms with Crippen LogP contribution in [0.1, 0.15) is 27.4 Å². The number of benzene rings is 3. The molecular formula is C26H24N4O3. The number of para-hydroxylation sites is 1. The zero-order chi connectivity index (χ0) is 22.8. The molecule has 0 bridgehead atoms. The molecule has 166 valence electrons. The number of carbonyl (C=O) groups is 2. The van der Waals surface area contributed by atoms with Gasteiger partial charge in [0.15, 0.2) is 11.5 Å². The fourth-order valence-electron chi connectivity index (χ4n) is 4.12. The molecule has 33 heavy (non-hydrogen) atoms. The van der Waals surface area contributed by atoms with E-state index >= 15 is 0 Å². The zero-order valence-corrected chi connectivity index (χ0v) is 18.3. The third kappa shape index (κ3) is 4.57. The van der Waals surface area contributed by atoms with E-state index in [0.29, 0.717) is 35.6 Å². The highest BCUT2D eigenvalue weighted by Crippen LogP contribution is 2.27. The molecule has 2 N–H and O–H groups in total. The van der Waals surface area contributed by atoms with E-state index < -0.39 is 0 Å². The summed E-state index contributed by atoms with van der Waals surface area (Å²) in [5.41, 5.74) is 5.95. The maximum atomic E-state index is 12.5.